The number of pyridine rings is 1. The summed E-state index contributed by atoms with van der Waals surface area (Å²) in [6.45, 7) is -1.40. The summed E-state index contributed by atoms with van der Waals surface area (Å²) >= 11 is 0.798. The Bertz CT molecular complexity index is 1390. The van der Waals surface area contributed by atoms with Crippen molar-refractivity contribution in [3.63, 3.8) is 0 Å². The van der Waals surface area contributed by atoms with Gasteiger partial charge >= 0.3 is 6.61 Å². The number of anilines is 1. The van der Waals surface area contributed by atoms with E-state index in [9.17, 15) is 27.2 Å². The van der Waals surface area contributed by atoms with Gasteiger partial charge in [0.15, 0.2) is 0 Å². The maximum Gasteiger partial charge on any atom is 0.387 e. The van der Waals surface area contributed by atoms with E-state index in [0.29, 0.717) is 22.2 Å². The number of thiophene rings is 1. The van der Waals surface area contributed by atoms with E-state index in [1.807, 2.05) is 0 Å². The van der Waals surface area contributed by atoms with Gasteiger partial charge in [-0.3, -0.25) is 14.7 Å². The minimum Gasteiger partial charge on any atom is -0.435 e. The summed E-state index contributed by atoms with van der Waals surface area (Å²) in [5, 5.41) is 9.50. The van der Waals surface area contributed by atoms with Gasteiger partial charge in [0.1, 0.15) is 26.8 Å². The van der Waals surface area contributed by atoms with Crippen LogP contribution in [0, 0.1) is 6.92 Å². The molecule has 0 saturated heterocycles. The van der Waals surface area contributed by atoms with Gasteiger partial charge in [-0.2, -0.15) is 13.9 Å². The highest BCUT2D eigenvalue weighted by molar-refractivity contribution is 7.21. The molecule has 0 aliphatic heterocycles. The number of nitrogens with two attached hydrogens (primary N) is 1. The zero-order valence-electron chi connectivity index (χ0n) is 17.2. The molecule has 2 amide bonds. The van der Waals surface area contributed by atoms with E-state index in [4.69, 9.17) is 5.73 Å². The lowest BCUT2D eigenvalue weighted by molar-refractivity contribution is -0.0498. The molecule has 0 radical (unpaired) electrons. The van der Waals surface area contributed by atoms with Crippen molar-refractivity contribution in [2.75, 3.05) is 5.32 Å². The first-order valence-corrected chi connectivity index (χ1v) is 10.4. The summed E-state index contributed by atoms with van der Waals surface area (Å²) < 4.78 is 55.1. The van der Waals surface area contributed by atoms with Crippen molar-refractivity contribution in [2.45, 2.75) is 20.0 Å². The van der Waals surface area contributed by atoms with Crippen LogP contribution in [-0.2, 0) is 0 Å². The second-order valence-electron chi connectivity index (χ2n) is 7.04. The SMILES string of the molecule is Cc1cc(C(F)F)nc2sc(C(N)=O)c(NC(=O)c3cc(-c4ccc(OC(F)F)cc4)n[nH]3)c12. The minimum atomic E-state index is -2.95. The van der Waals surface area contributed by atoms with Gasteiger partial charge in [0.05, 0.1) is 11.4 Å². The number of aryl methyl sites for hydroxylation is 1. The Morgan fingerprint density at radius 1 is 1.15 bits per heavy atom. The van der Waals surface area contributed by atoms with E-state index in [-0.39, 0.29) is 26.8 Å². The highest BCUT2D eigenvalue weighted by Gasteiger charge is 2.24. The molecule has 0 aliphatic carbocycles. The smallest absolute Gasteiger partial charge is 0.387 e. The molecule has 4 rings (SSSR count). The van der Waals surface area contributed by atoms with Crippen LogP contribution in [0.15, 0.2) is 36.4 Å². The fraction of sp³-hybridized carbons (Fsp3) is 0.143. The lowest BCUT2D eigenvalue weighted by atomic mass is 10.1. The zero-order chi connectivity index (χ0) is 24.6. The minimum absolute atomic E-state index is 0.0208. The van der Waals surface area contributed by atoms with E-state index in [1.54, 1.807) is 6.92 Å². The van der Waals surface area contributed by atoms with Crippen LogP contribution in [-0.4, -0.2) is 33.6 Å². The maximum absolute atomic E-state index is 13.1. The van der Waals surface area contributed by atoms with E-state index < -0.39 is 30.5 Å². The number of ether oxygens (including phenoxy) is 1. The first-order valence-electron chi connectivity index (χ1n) is 9.58. The molecule has 3 heterocycles. The number of rotatable bonds is 7. The first-order chi connectivity index (χ1) is 16.1. The third-order valence-corrected chi connectivity index (χ3v) is 5.86. The lowest BCUT2D eigenvalue weighted by Crippen LogP contribution is -2.17. The largest absolute Gasteiger partial charge is 0.435 e. The predicted molar refractivity (Wildman–Crippen MR) is 116 cm³/mol. The summed E-state index contributed by atoms with van der Waals surface area (Å²) in [6, 6.07) is 8.23. The van der Waals surface area contributed by atoms with E-state index >= 15 is 0 Å². The zero-order valence-corrected chi connectivity index (χ0v) is 18.1. The molecule has 0 spiro atoms. The number of carbonyl (C=O) groups excluding carboxylic acids is 2. The van der Waals surface area contributed by atoms with Crippen LogP contribution in [0.1, 0.15) is 37.8 Å². The standard InChI is InChI=1S/C21H15F4N5O3S/c1-8-6-12(17(22)23)27-20-14(8)15(16(34-20)18(26)31)28-19(32)13-7-11(29-30-13)9-2-4-10(5-3-9)33-21(24)25/h2-7,17,21H,1H3,(H2,26,31)(H,28,32)(H,29,30). The van der Waals surface area contributed by atoms with Crippen molar-refractivity contribution >= 4 is 39.1 Å². The molecule has 0 fully saturated rings. The number of hydrogen-bond acceptors (Lipinski definition) is 6. The number of hydrogen-bond donors (Lipinski definition) is 3. The average Bonchev–Trinajstić information content (AvgIpc) is 3.39. The first kappa shape index (κ1) is 23.2. The number of benzene rings is 1. The predicted octanol–water partition coefficient (Wildman–Crippen LogP) is 4.89. The van der Waals surface area contributed by atoms with Crippen molar-refractivity contribution in [3.05, 3.63) is 58.2 Å². The number of nitrogens with one attached hydrogen (secondary N) is 2. The molecule has 0 atom stereocenters. The summed E-state index contributed by atoms with van der Waals surface area (Å²) in [5.74, 6) is -1.56. The van der Waals surface area contributed by atoms with Crippen LogP contribution >= 0.6 is 11.3 Å². The van der Waals surface area contributed by atoms with Gasteiger partial charge in [-0.1, -0.05) is 0 Å². The number of halogens is 4. The van der Waals surface area contributed by atoms with Gasteiger partial charge in [0.2, 0.25) is 0 Å². The summed E-state index contributed by atoms with van der Waals surface area (Å²) in [5.41, 5.74) is 6.31. The summed E-state index contributed by atoms with van der Waals surface area (Å²) in [7, 11) is 0. The molecular formula is C21H15F4N5O3S. The molecular weight excluding hydrogens is 478 g/mol. The Hall–Kier alpha value is -4.00. The molecule has 34 heavy (non-hydrogen) atoms. The lowest BCUT2D eigenvalue weighted by Gasteiger charge is -2.07. The normalized spacial score (nSPS) is 11.4. The highest BCUT2D eigenvalue weighted by atomic mass is 32.1. The van der Waals surface area contributed by atoms with Crippen LogP contribution < -0.4 is 15.8 Å². The number of alkyl halides is 4. The number of amides is 2. The molecule has 1 aromatic carbocycles. The van der Waals surface area contributed by atoms with Gasteiger partial charge in [-0.25, -0.2) is 13.8 Å². The second-order valence-corrected chi connectivity index (χ2v) is 8.04. The molecule has 0 aliphatic rings. The number of primary amides is 1. The molecule has 0 unspecified atom stereocenters. The van der Waals surface area contributed by atoms with Crippen molar-refractivity contribution in [3.8, 4) is 17.0 Å². The molecule has 3 aromatic heterocycles. The number of aromatic amines is 1. The van der Waals surface area contributed by atoms with E-state index in [0.717, 1.165) is 11.3 Å². The number of fused-ring (bicyclic) bond motifs is 1. The summed E-state index contributed by atoms with van der Waals surface area (Å²) in [4.78, 5) is 28.8. The van der Waals surface area contributed by atoms with Gasteiger partial charge in [-0.15, -0.1) is 11.3 Å². The van der Waals surface area contributed by atoms with Crippen LogP contribution in [0.3, 0.4) is 0 Å². The monoisotopic (exact) mass is 493 g/mol. The Morgan fingerprint density at radius 3 is 2.47 bits per heavy atom. The molecule has 8 nitrogen and oxygen atoms in total. The molecule has 0 saturated carbocycles. The maximum atomic E-state index is 13.1. The molecule has 4 N–H and O–H groups in total. The number of nitrogens with zero attached hydrogens (tertiary/aromatic N) is 2. The van der Waals surface area contributed by atoms with Crippen molar-refractivity contribution < 1.29 is 31.9 Å². The molecule has 4 aromatic rings. The Labute approximate surface area is 192 Å². The second kappa shape index (κ2) is 9.09. The van der Waals surface area contributed by atoms with Crippen LogP contribution in [0.25, 0.3) is 21.5 Å². The fourth-order valence-electron chi connectivity index (χ4n) is 3.29. The highest BCUT2D eigenvalue weighted by Crippen LogP contribution is 2.38. The van der Waals surface area contributed by atoms with Crippen LogP contribution in [0.2, 0.25) is 0 Å². The van der Waals surface area contributed by atoms with E-state index in [1.165, 1.54) is 36.4 Å². The number of carbonyl (C=O) groups is 2. The van der Waals surface area contributed by atoms with Crippen LogP contribution in [0.4, 0.5) is 23.2 Å². The third-order valence-electron chi connectivity index (χ3n) is 4.76. The van der Waals surface area contributed by atoms with Gasteiger partial charge in [0, 0.05) is 10.9 Å². The quantitative estimate of drug-likeness (QED) is 0.317. The van der Waals surface area contributed by atoms with Gasteiger partial charge in [-0.05, 0) is 48.9 Å². The molecule has 176 valence electrons. The molecule has 0 bridgehead atoms. The fourth-order valence-corrected chi connectivity index (χ4v) is 4.35. The third kappa shape index (κ3) is 4.55. The molecule has 13 heteroatoms. The Balaban J connectivity index is 1.63. The Kier molecular flexibility index (Phi) is 6.20. The van der Waals surface area contributed by atoms with Crippen molar-refractivity contribution in [1.29, 1.82) is 0 Å². The number of aromatic nitrogens is 3. The van der Waals surface area contributed by atoms with E-state index in [2.05, 4.69) is 25.2 Å². The van der Waals surface area contributed by atoms with Crippen molar-refractivity contribution in [2.24, 2.45) is 5.73 Å². The van der Waals surface area contributed by atoms with Gasteiger partial charge < -0.3 is 15.8 Å². The summed E-state index contributed by atoms with van der Waals surface area (Å²) in [6.07, 6.45) is -2.81. The average molecular weight is 493 g/mol. The topological polar surface area (TPSA) is 123 Å². The van der Waals surface area contributed by atoms with Crippen LogP contribution in [0.5, 0.6) is 5.75 Å². The van der Waals surface area contributed by atoms with Gasteiger partial charge in [0.25, 0.3) is 18.2 Å². The van der Waals surface area contributed by atoms with Crippen molar-refractivity contribution in [1.82, 2.24) is 15.2 Å². The Morgan fingerprint density at radius 2 is 1.85 bits per heavy atom. The number of H-pyrrole nitrogens is 1.